The van der Waals surface area contributed by atoms with Crippen molar-refractivity contribution >= 4 is 39.4 Å². The fourth-order valence-electron chi connectivity index (χ4n) is 2.39. The predicted octanol–water partition coefficient (Wildman–Crippen LogP) is 3.06. The van der Waals surface area contributed by atoms with Gasteiger partial charge >= 0.3 is 5.97 Å². The van der Waals surface area contributed by atoms with E-state index in [0.29, 0.717) is 29.6 Å². The largest absolute Gasteiger partial charge is 0.464 e. The Labute approximate surface area is 136 Å². The Morgan fingerprint density at radius 3 is 3.00 bits per heavy atom. The van der Waals surface area contributed by atoms with E-state index in [9.17, 15) is 9.59 Å². The highest BCUT2D eigenvalue weighted by atomic mass is 79.9. The zero-order valence-corrected chi connectivity index (χ0v) is 14.0. The van der Waals surface area contributed by atoms with Crippen molar-refractivity contribution in [3.05, 3.63) is 27.5 Å². The Kier molecular flexibility index (Phi) is 5.58. The highest BCUT2D eigenvalue weighted by molar-refractivity contribution is 9.10. The third-order valence-electron chi connectivity index (χ3n) is 3.36. The van der Waals surface area contributed by atoms with Crippen molar-refractivity contribution in [1.29, 1.82) is 0 Å². The SMILES string of the molecule is CCOC(=O)C1CCCCN1C(=O)c1cc(Br)cnc1Cl. The predicted molar refractivity (Wildman–Crippen MR) is 82.3 cm³/mol. The highest BCUT2D eigenvalue weighted by Crippen LogP contribution is 2.25. The lowest BCUT2D eigenvalue weighted by Crippen LogP contribution is -2.48. The molecule has 21 heavy (non-hydrogen) atoms. The maximum absolute atomic E-state index is 12.7. The average molecular weight is 376 g/mol. The Bertz CT molecular complexity index is 553. The third kappa shape index (κ3) is 3.74. The number of piperidine rings is 1. The van der Waals surface area contributed by atoms with Crippen LogP contribution >= 0.6 is 27.5 Å². The van der Waals surface area contributed by atoms with Crippen LogP contribution in [0, 0.1) is 0 Å². The molecule has 7 heteroatoms. The van der Waals surface area contributed by atoms with Crippen LogP contribution in [0.1, 0.15) is 36.5 Å². The molecule has 5 nitrogen and oxygen atoms in total. The van der Waals surface area contributed by atoms with Gasteiger partial charge in [0.2, 0.25) is 0 Å². The molecule has 1 aliphatic rings. The number of pyridine rings is 1. The van der Waals surface area contributed by atoms with Crippen molar-refractivity contribution in [2.45, 2.75) is 32.2 Å². The van der Waals surface area contributed by atoms with E-state index in [1.807, 2.05) is 0 Å². The second kappa shape index (κ2) is 7.22. The van der Waals surface area contributed by atoms with E-state index in [4.69, 9.17) is 16.3 Å². The van der Waals surface area contributed by atoms with E-state index in [0.717, 1.165) is 12.8 Å². The standard InChI is InChI=1S/C14H16BrClN2O3/c1-2-21-14(20)11-5-3-4-6-18(11)13(19)10-7-9(15)8-17-12(10)16/h7-8,11H,2-6H2,1H3. The number of carbonyl (C=O) groups is 2. The Morgan fingerprint density at radius 1 is 1.52 bits per heavy atom. The van der Waals surface area contributed by atoms with Gasteiger partial charge in [-0.3, -0.25) is 4.79 Å². The summed E-state index contributed by atoms with van der Waals surface area (Å²) in [6, 6.07) is 1.08. The molecule has 1 aromatic heterocycles. The van der Waals surface area contributed by atoms with E-state index in [1.54, 1.807) is 13.0 Å². The van der Waals surface area contributed by atoms with Crippen molar-refractivity contribution < 1.29 is 14.3 Å². The number of ether oxygens (including phenoxy) is 1. The molecule has 1 aromatic rings. The Hall–Kier alpha value is -1.14. The number of aromatic nitrogens is 1. The number of amides is 1. The van der Waals surface area contributed by atoms with Gasteiger partial charge < -0.3 is 9.64 Å². The summed E-state index contributed by atoms with van der Waals surface area (Å²) in [6.45, 7) is 2.57. The second-order valence-electron chi connectivity index (χ2n) is 4.75. The van der Waals surface area contributed by atoms with Crippen LogP contribution in [-0.2, 0) is 9.53 Å². The molecule has 1 unspecified atom stereocenters. The number of likely N-dealkylation sites (tertiary alicyclic amines) is 1. The summed E-state index contributed by atoms with van der Waals surface area (Å²) in [5.74, 6) is -0.642. The van der Waals surface area contributed by atoms with E-state index in [2.05, 4.69) is 20.9 Å². The molecule has 1 aliphatic heterocycles. The summed E-state index contributed by atoms with van der Waals surface area (Å²) in [7, 11) is 0. The molecule has 0 saturated carbocycles. The number of halogens is 2. The summed E-state index contributed by atoms with van der Waals surface area (Å²) in [5.41, 5.74) is 0.294. The molecule has 2 rings (SSSR count). The van der Waals surface area contributed by atoms with E-state index in [-0.39, 0.29) is 17.0 Å². The van der Waals surface area contributed by atoms with Crippen LogP contribution in [0.15, 0.2) is 16.7 Å². The van der Waals surface area contributed by atoms with Crippen LogP contribution in [0.4, 0.5) is 0 Å². The van der Waals surface area contributed by atoms with Gasteiger partial charge in [0, 0.05) is 17.2 Å². The van der Waals surface area contributed by atoms with Gasteiger partial charge in [-0.15, -0.1) is 0 Å². The van der Waals surface area contributed by atoms with E-state index in [1.165, 1.54) is 11.1 Å². The van der Waals surface area contributed by atoms with Crippen LogP contribution in [-0.4, -0.2) is 41.0 Å². The van der Waals surface area contributed by atoms with Gasteiger partial charge in [-0.1, -0.05) is 11.6 Å². The van der Waals surface area contributed by atoms with Gasteiger partial charge in [0.15, 0.2) is 0 Å². The monoisotopic (exact) mass is 374 g/mol. The highest BCUT2D eigenvalue weighted by Gasteiger charge is 2.34. The normalized spacial score (nSPS) is 18.4. The third-order valence-corrected chi connectivity index (χ3v) is 4.09. The molecule has 1 atom stereocenters. The molecular formula is C14H16BrClN2O3. The number of rotatable bonds is 3. The van der Waals surface area contributed by atoms with Crippen LogP contribution < -0.4 is 0 Å². The van der Waals surface area contributed by atoms with Gasteiger partial charge in [0.25, 0.3) is 5.91 Å². The molecule has 1 fully saturated rings. The van der Waals surface area contributed by atoms with Crippen molar-refractivity contribution in [3.63, 3.8) is 0 Å². The second-order valence-corrected chi connectivity index (χ2v) is 6.03. The first kappa shape index (κ1) is 16.2. The van der Waals surface area contributed by atoms with Gasteiger partial charge in [0.1, 0.15) is 11.2 Å². The molecule has 1 saturated heterocycles. The summed E-state index contributed by atoms with van der Waals surface area (Å²) in [4.78, 5) is 30.2. The summed E-state index contributed by atoms with van der Waals surface area (Å²) in [5, 5.41) is 0.136. The van der Waals surface area contributed by atoms with Gasteiger partial charge in [-0.05, 0) is 48.2 Å². The van der Waals surface area contributed by atoms with Crippen LogP contribution in [0.3, 0.4) is 0 Å². The Morgan fingerprint density at radius 2 is 2.29 bits per heavy atom. The van der Waals surface area contributed by atoms with Gasteiger partial charge in [-0.25, -0.2) is 9.78 Å². The number of hydrogen-bond acceptors (Lipinski definition) is 4. The van der Waals surface area contributed by atoms with Crippen molar-refractivity contribution in [2.24, 2.45) is 0 Å². The van der Waals surface area contributed by atoms with E-state index < -0.39 is 6.04 Å². The summed E-state index contributed by atoms with van der Waals surface area (Å²) < 4.78 is 5.73. The lowest BCUT2D eigenvalue weighted by molar-refractivity contribution is -0.149. The molecule has 0 aromatic carbocycles. The summed E-state index contributed by atoms with van der Waals surface area (Å²) >= 11 is 9.28. The maximum Gasteiger partial charge on any atom is 0.328 e. The first-order chi connectivity index (χ1) is 10.0. The molecule has 1 amide bonds. The van der Waals surface area contributed by atoms with Crippen LogP contribution in [0.5, 0.6) is 0 Å². The van der Waals surface area contributed by atoms with Gasteiger partial charge in [-0.2, -0.15) is 0 Å². The first-order valence-electron chi connectivity index (χ1n) is 6.83. The quantitative estimate of drug-likeness (QED) is 0.602. The number of esters is 1. The molecule has 0 spiro atoms. The smallest absolute Gasteiger partial charge is 0.328 e. The average Bonchev–Trinajstić information content (AvgIpc) is 2.49. The van der Waals surface area contributed by atoms with Gasteiger partial charge in [0.05, 0.1) is 12.2 Å². The summed E-state index contributed by atoms with van der Waals surface area (Å²) in [6.07, 6.45) is 3.90. The minimum atomic E-state index is -0.541. The van der Waals surface area contributed by atoms with Crippen molar-refractivity contribution in [3.8, 4) is 0 Å². The molecule has 0 aliphatic carbocycles. The fraction of sp³-hybridized carbons (Fsp3) is 0.500. The maximum atomic E-state index is 12.7. The fourth-order valence-corrected chi connectivity index (χ4v) is 2.90. The van der Waals surface area contributed by atoms with Crippen molar-refractivity contribution in [2.75, 3.05) is 13.2 Å². The van der Waals surface area contributed by atoms with E-state index >= 15 is 0 Å². The first-order valence-corrected chi connectivity index (χ1v) is 8.00. The topological polar surface area (TPSA) is 59.5 Å². The zero-order chi connectivity index (χ0) is 15.4. The zero-order valence-electron chi connectivity index (χ0n) is 11.6. The number of hydrogen-bond donors (Lipinski definition) is 0. The number of carbonyl (C=O) groups excluding carboxylic acids is 2. The molecule has 2 heterocycles. The number of nitrogens with zero attached hydrogens (tertiary/aromatic N) is 2. The Balaban J connectivity index is 2.26. The lowest BCUT2D eigenvalue weighted by Gasteiger charge is -2.34. The molecule has 0 radical (unpaired) electrons. The minimum absolute atomic E-state index is 0.136. The molecule has 114 valence electrons. The van der Waals surface area contributed by atoms with Crippen LogP contribution in [0.25, 0.3) is 0 Å². The van der Waals surface area contributed by atoms with Crippen LogP contribution in [0.2, 0.25) is 5.15 Å². The molecule has 0 N–H and O–H groups in total. The molecular weight excluding hydrogens is 360 g/mol. The lowest BCUT2D eigenvalue weighted by atomic mass is 10.0. The minimum Gasteiger partial charge on any atom is -0.464 e. The molecule has 0 bridgehead atoms. The van der Waals surface area contributed by atoms with Crippen molar-refractivity contribution in [1.82, 2.24) is 9.88 Å².